The summed E-state index contributed by atoms with van der Waals surface area (Å²) in [6.45, 7) is 0.324. The van der Waals surface area contributed by atoms with Gasteiger partial charge in [-0.25, -0.2) is 8.78 Å². The fraction of sp³-hybridized carbons (Fsp3) is 0.538. The van der Waals surface area contributed by atoms with Crippen molar-refractivity contribution < 1.29 is 18.3 Å². The molecule has 6 heteroatoms. The summed E-state index contributed by atoms with van der Waals surface area (Å²) in [6.07, 6.45) is -2.09. The van der Waals surface area contributed by atoms with Gasteiger partial charge in [0.15, 0.2) is 0 Å². The third kappa shape index (κ3) is 5.36. The summed E-state index contributed by atoms with van der Waals surface area (Å²) in [5, 5.41) is 0.851. The second kappa shape index (κ2) is 8.87. The number of hydrogen-bond acceptors (Lipinski definition) is 2. The topological polar surface area (TPSA) is 18.5 Å². The molecule has 0 saturated heterocycles. The molecular formula is C13H16Br2F2O2. The van der Waals surface area contributed by atoms with Crippen LogP contribution in [0.3, 0.4) is 0 Å². The Balaban J connectivity index is 2.72. The van der Waals surface area contributed by atoms with Gasteiger partial charge in [0.1, 0.15) is 11.9 Å². The van der Waals surface area contributed by atoms with Gasteiger partial charge in [0.25, 0.3) is 6.43 Å². The van der Waals surface area contributed by atoms with Gasteiger partial charge < -0.3 is 9.47 Å². The SMILES string of the molecule is COc1ccc(C(OCCCCBr)C(F)F)cc1Br. The molecule has 0 fully saturated rings. The van der Waals surface area contributed by atoms with Crippen molar-refractivity contribution >= 4 is 31.9 Å². The fourth-order valence-electron chi connectivity index (χ4n) is 1.58. The second-order valence-electron chi connectivity index (χ2n) is 3.92. The van der Waals surface area contributed by atoms with E-state index in [4.69, 9.17) is 9.47 Å². The Morgan fingerprint density at radius 1 is 1.26 bits per heavy atom. The van der Waals surface area contributed by atoms with Gasteiger partial charge in [-0.3, -0.25) is 0 Å². The summed E-state index contributed by atoms with van der Waals surface area (Å²) in [4.78, 5) is 0. The molecule has 19 heavy (non-hydrogen) atoms. The molecule has 0 radical (unpaired) electrons. The zero-order valence-corrected chi connectivity index (χ0v) is 13.7. The molecule has 0 saturated carbocycles. The van der Waals surface area contributed by atoms with Crippen molar-refractivity contribution in [3.05, 3.63) is 28.2 Å². The van der Waals surface area contributed by atoms with E-state index in [0.29, 0.717) is 22.4 Å². The Morgan fingerprint density at radius 3 is 2.53 bits per heavy atom. The normalized spacial score (nSPS) is 12.7. The van der Waals surface area contributed by atoms with E-state index in [1.54, 1.807) is 18.2 Å². The number of rotatable bonds is 8. The predicted molar refractivity (Wildman–Crippen MR) is 78.4 cm³/mol. The fourth-order valence-corrected chi connectivity index (χ4v) is 2.54. The van der Waals surface area contributed by atoms with E-state index in [-0.39, 0.29) is 0 Å². The number of halogens is 4. The maximum atomic E-state index is 13.0. The van der Waals surface area contributed by atoms with E-state index in [0.717, 1.165) is 18.2 Å². The van der Waals surface area contributed by atoms with E-state index in [2.05, 4.69) is 31.9 Å². The Labute approximate surface area is 128 Å². The third-order valence-electron chi connectivity index (χ3n) is 2.56. The molecule has 1 aromatic rings. The Hall–Kier alpha value is -0.200. The van der Waals surface area contributed by atoms with E-state index in [1.807, 2.05) is 0 Å². The lowest BCUT2D eigenvalue weighted by molar-refractivity contribution is -0.0585. The van der Waals surface area contributed by atoms with Crippen LogP contribution in [0.4, 0.5) is 8.78 Å². The quantitative estimate of drug-likeness (QED) is 0.453. The molecule has 0 aliphatic rings. The van der Waals surface area contributed by atoms with Gasteiger partial charge >= 0.3 is 0 Å². The van der Waals surface area contributed by atoms with Crippen LogP contribution in [0.15, 0.2) is 22.7 Å². The van der Waals surface area contributed by atoms with Crippen LogP contribution in [0.5, 0.6) is 5.75 Å². The summed E-state index contributed by atoms with van der Waals surface area (Å²) in [7, 11) is 1.53. The third-order valence-corrected chi connectivity index (χ3v) is 3.74. The number of benzene rings is 1. The first-order valence-corrected chi connectivity index (χ1v) is 7.80. The highest BCUT2D eigenvalue weighted by atomic mass is 79.9. The Morgan fingerprint density at radius 2 is 2.00 bits per heavy atom. The number of methoxy groups -OCH3 is 1. The van der Waals surface area contributed by atoms with Gasteiger partial charge in [0.2, 0.25) is 0 Å². The van der Waals surface area contributed by atoms with Crippen LogP contribution >= 0.6 is 31.9 Å². The number of alkyl halides is 3. The van der Waals surface area contributed by atoms with Crippen LogP contribution in [0.2, 0.25) is 0 Å². The van der Waals surface area contributed by atoms with Gasteiger partial charge in [0.05, 0.1) is 11.6 Å². The minimum absolute atomic E-state index is 0.324. The molecule has 0 aromatic heterocycles. The summed E-state index contributed by atoms with van der Waals surface area (Å²) < 4.78 is 37.1. The summed E-state index contributed by atoms with van der Waals surface area (Å²) >= 11 is 6.58. The van der Waals surface area contributed by atoms with Gasteiger partial charge in [-0.1, -0.05) is 22.0 Å². The van der Waals surface area contributed by atoms with E-state index in [9.17, 15) is 8.78 Å². The van der Waals surface area contributed by atoms with Crippen LogP contribution in [0, 0.1) is 0 Å². The molecule has 0 aliphatic heterocycles. The van der Waals surface area contributed by atoms with E-state index >= 15 is 0 Å². The molecular weight excluding hydrogens is 386 g/mol. The predicted octanol–water partition coefficient (Wildman–Crippen LogP) is 4.96. The molecule has 0 aliphatic carbocycles. The summed E-state index contributed by atoms with van der Waals surface area (Å²) in [5.41, 5.74) is 0.446. The molecule has 1 unspecified atom stereocenters. The molecule has 2 nitrogen and oxygen atoms in total. The first kappa shape index (κ1) is 16.9. The van der Waals surface area contributed by atoms with Crippen LogP contribution < -0.4 is 4.74 Å². The minimum atomic E-state index is -2.55. The Bertz CT molecular complexity index is 389. The zero-order chi connectivity index (χ0) is 14.3. The smallest absolute Gasteiger partial charge is 0.268 e. The lowest BCUT2D eigenvalue weighted by Crippen LogP contribution is -2.14. The van der Waals surface area contributed by atoms with Crippen molar-refractivity contribution in [2.75, 3.05) is 19.0 Å². The van der Waals surface area contributed by atoms with Crippen molar-refractivity contribution in [2.45, 2.75) is 25.4 Å². The monoisotopic (exact) mass is 400 g/mol. The number of unbranched alkanes of at least 4 members (excludes halogenated alkanes) is 1. The van der Waals surface area contributed by atoms with Crippen molar-refractivity contribution in [2.24, 2.45) is 0 Å². The largest absolute Gasteiger partial charge is 0.496 e. The van der Waals surface area contributed by atoms with Crippen molar-refractivity contribution in [1.29, 1.82) is 0 Å². The standard InChI is InChI=1S/C13H16Br2F2O2/c1-18-11-5-4-9(8-10(11)15)12(13(16)17)19-7-3-2-6-14/h4-5,8,12-13H,2-3,6-7H2,1H3. The second-order valence-corrected chi connectivity index (χ2v) is 5.56. The van der Waals surface area contributed by atoms with Crippen LogP contribution in [0.1, 0.15) is 24.5 Å². The van der Waals surface area contributed by atoms with E-state index in [1.165, 1.54) is 7.11 Å². The molecule has 0 N–H and O–H groups in total. The van der Waals surface area contributed by atoms with Gasteiger partial charge in [-0.2, -0.15) is 0 Å². The van der Waals surface area contributed by atoms with Gasteiger partial charge in [-0.15, -0.1) is 0 Å². The van der Waals surface area contributed by atoms with E-state index < -0.39 is 12.5 Å². The molecule has 108 valence electrons. The average molecular weight is 402 g/mol. The van der Waals surface area contributed by atoms with Gasteiger partial charge in [-0.05, 0) is 46.5 Å². The minimum Gasteiger partial charge on any atom is -0.496 e. The maximum Gasteiger partial charge on any atom is 0.268 e. The molecule has 1 rings (SSSR count). The van der Waals surface area contributed by atoms with Crippen molar-refractivity contribution in [3.63, 3.8) is 0 Å². The molecule has 1 aromatic carbocycles. The molecule has 1 atom stereocenters. The van der Waals surface area contributed by atoms with Crippen LogP contribution in [-0.4, -0.2) is 25.5 Å². The highest BCUT2D eigenvalue weighted by molar-refractivity contribution is 9.10. The van der Waals surface area contributed by atoms with Crippen LogP contribution in [0.25, 0.3) is 0 Å². The highest BCUT2D eigenvalue weighted by Crippen LogP contribution is 2.32. The molecule has 0 amide bonds. The van der Waals surface area contributed by atoms with Crippen molar-refractivity contribution in [1.82, 2.24) is 0 Å². The number of ether oxygens (including phenoxy) is 2. The van der Waals surface area contributed by atoms with Crippen molar-refractivity contribution in [3.8, 4) is 5.75 Å². The summed E-state index contributed by atoms with van der Waals surface area (Å²) in [5.74, 6) is 0.607. The number of hydrogen-bond donors (Lipinski definition) is 0. The zero-order valence-electron chi connectivity index (χ0n) is 10.5. The lowest BCUT2D eigenvalue weighted by Gasteiger charge is -2.18. The van der Waals surface area contributed by atoms with Crippen LogP contribution in [-0.2, 0) is 4.74 Å². The molecule has 0 heterocycles. The average Bonchev–Trinajstić information content (AvgIpc) is 2.38. The first-order chi connectivity index (χ1) is 9.10. The maximum absolute atomic E-state index is 13.0. The molecule has 0 bridgehead atoms. The first-order valence-electron chi connectivity index (χ1n) is 5.89. The van der Waals surface area contributed by atoms with Gasteiger partial charge in [0, 0.05) is 11.9 Å². The lowest BCUT2D eigenvalue weighted by atomic mass is 10.1. The molecule has 0 spiro atoms. The summed E-state index contributed by atoms with van der Waals surface area (Å²) in [6, 6.07) is 4.86. The Kier molecular flexibility index (Phi) is 7.87. The highest BCUT2D eigenvalue weighted by Gasteiger charge is 2.23.